The number of carbonyl (C=O) groups excluding carboxylic acids is 1. The molecule has 1 aromatic heterocycles. The number of nitrogens with one attached hydrogen (secondary N) is 2. The van der Waals surface area contributed by atoms with E-state index in [-0.39, 0.29) is 11.9 Å². The third kappa shape index (κ3) is 4.52. The van der Waals surface area contributed by atoms with Crippen molar-refractivity contribution in [1.29, 1.82) is 0 Å². The minimum atomic E-state index is -0.260. The first kappa shape index (κ1) is 21.5. The lowest BCUT2D eigenvalue weighted by atomic mass is 10.1. The summed E-state index contributed by atoms with van der Waals surface area (Å²) in [5.74, 6) is 1.56. The first-order chi connectivity index (χ1) is 14.5. The lowest BCUT2D eigenvalue weighted by molar-refractivity contribution is 0.0940. The maximum atomic E-state index is 12.9. The Bertz CT molecular complexity index is 1030. The summed E-state index contributed by atoms with van der Waals surface area (Å²) >= 11 is 6.29. The predicted octanol–water partition coefficient (Wildman–Crippen LogP) is 4.64. The Balaban J connectivity index is 1.81. The topological polar surface area (TPSA) is 85.5 Å². The third-order valence-electron chi connectivity index (χ3n) is 4.66. The van der Waals surface area contributed by atoms with Gasteiger partial charge in [-0.2, -0.15) is 5.10 Å². The molecule has 0 aliphatic rings. The first-order valence-electron chi connectivity index (χ1n) is 9.47. The Morgan fingerprint density at radius 1 is 1.13 bits per heavy atom. The summed E-state index contributed by atoms with van der Waals surface area (Å²) in [7, 11) is 3.15. The van der Waals surface area contributed by atoms with Crippen molar-refractivity contribution >= 4 is 17.5 Å². The minimum absolute atomic E-state index is 0.258. The van der Waals surface area contributed by atoms with Crippen LogP contribution in [0.1, 0.15) is 35.8 Å². The maximum absolute atomic E-state index is 12.9. The van der Waals surface area contributed by atoms with Crippen LogP contribution in [0.2, 0.25) is 5.02 Å². The van der Waals surface area contributed by atoms with E-state index in [2.05, 4.69) is 15.5 Å². The lowest BCUT2D eigenvalue weighted by Crippen LogP contribution is -2.26. The molecule has 7 nitrogen and oxygen atoms in total. The molecule has 8 heteroatoms. The third-order valence-corrected chi connectivity index (χ3v) is 4.95. The Hall–Kier alpha value is -3.19. The van der Waals surface area contributed by atoms with Crippen LogP contribution in [0.4, 0.5) is 0 Å². The molecule has 0 radical (unpaired) electrons. The molecule has 3 aromatic rings. The van der Waals surface area contributed by atoms with Gasteiger partial charge in [-0.05, 0) is 49.7 Å². The van der Waals surface area contributed by atoms with Crippen LogP contribution in [0.25, 0.3) is 11.3 Å². The molecule has 0 saturated carbocycles. The van der Waals surface area contributed by atoms with E-state index in [1.165, 1.54) is 6.20 Å². The maximum Gasteiger partial charge on any atom is 0.255 e. The zero-order valence-corrected chi connectivity index (χ0v) is 18.0. The summed E-state index contributed by atoms with van der Waals surface area (Å²) in [5.41, 5.74) is 2.62. The molecule has 0 aliphatic carbocycles. The zero-order chi connectivity index (χ0) is 21.7. The summed E-state index contributed by atoms with van der Waals surface area (Å²) in [6.45, 7) is 4.30. The van der Waals surface area contributed by atoms with Gasteiger partial charge in [0, 0.05) is 5.56 Å². The molecular weight excluding hydrogens is 406 g/mol. The number of hydrogen-bond donors (Lipinski definition) is 2. The van der Waals surface area contributed by atoms with Gasteiger partial charge < -0.3 is 19.5 Å². The van der Waals surface area contributed by atoms with Crippen molar-refractivity contribution in [1.82, 2.24) is 15.5 Å². The van der Waals surface area contributed by atoms with E-state index in [9.17, 15) is 4.79 Å². The van der Waals surface area contributed by atoms with Gasteiger partial charge in [0.1, 0.15) is 5.75 Å². The van der Waals surface area contributed by atoms with E-state index in [4.69, 9.17) is 25.8 Å². The predicted molar refractivity (Wildman–Crippen MR) is 116 cm³/mol. The van der Waals surface area contributed by atoms with E-state index in [1.54, 1.807) is 26.4 Å². The molecule has 0 bridgehead atoms. The van der Waals surface area contributed by atoms with Crippen molar-refractivity contribution in [3.63, 3.8) is 0 Å². The van der Waals surface area contributed by atoms with Crippen molar-refractivity contribution in [2.45, 2.75) is 19.9 Å². The number of ether oxygens (including phenoxy) is 3. The highest BCUT2D eigenvalue weighted by molar-refractivity contribution is 6.32. The number of benzene rings is 2. The van der Waals surface area contributed by atoms with Crippen molar-refractivity contribution in [3.8, 4) is 28.5 Å². The fraction of sp³-hybridized carbons (Fsp3) is 0.273. The number of methoxy groups -OCH3 is 2. The highest BCUT2D eigenvalue weighted by Gasteiger charge is 2.19. The lowest BCUT2D eigenvalue weighted by Gasteiger charge is -2.16. The van der Waals surface area contributed by atoms with Crippen molar-refractivity contribution in [2.75, 3.05) is 20.8 Å². The van der Waals surface area contributed by atoms with Gasteiger partial charge in [-0.25, -0.2) is 0 Å². The molecule has 1 amide bonds. The summed E-state index contributed by atoms with van der Waals surface area (Å²) < 4.78 is 16.1. The molecule has 1 heterocycles. The van der Waals surface area contributed by atoms with Gasteiger partial charge in [0.2, 0.25) is 0 Å². The molecule has 30 heavy (non-hydrogen) atoms. The van der Waals surface area contributed by atoms with Crippen LogP contribution in [0, 0.1) is 0 Å². The molecule has 1 atom stereocenters. The van der Waals surface area contributed by atoms with Crippen LogP contribution in [-0.4, -0.2) is 36.9 Å². The van der Waals surface area contributed by atoms with E-state index in [0.717, 1.165) is 11.1 Å². The van der Waals surface area contributed by atoms with Gasteiger partial charge in [0.05, 0.1) is 49.3 Å². The fourth-order valence-corrected chi connectivity index (χ4v) is 3.32. The normalized spacial score (nSPS) is 11.6. The molecule has 0 spiro atoms. The number of amides is 1. The van der Waals surface area contributed by atoms with Gasteiger partial charge in [0.25, 0.3) is 5.91 Å². The highest BCUT2D eigenvalue weighted by atomic mass is 35.5. The van der Waals surface area contributed by atoms with Crippen LogP contribution in [0.3, 0.4) is 0 Å². The fourth-order valence-electron chi connectivity index (χ4n) is 3.09. The Morgan fingerprint density at radius 2 is 1.87 bits per heavy atom. The van der Waals surface area contributed by atoms with Crippen molar-refractivity contribution in [3.05, 3.63) is 58.7 Å². The molecule has 0 fully saturated rings. The number of nitrogens with zero attached hydrogens (tertiary/aromatic N) is 1. The standard InChI is InChI=1S/C22H24ClN3O4/c1-5-30-18-8-7-15(10-17(18)23)21-16(12-24-26-21)22(27)25-13(2)14-6-9-19(28-3)20(11-14)29-4/h6-13H,5H2,1-4H3,(H,24,26)(H,25,27)/t13-/m1/s1. The monoisotopic (exact) mass is 429 g/mol. The Kier molecular flexibility index (Phi) is 6.84. The van der Waals surface area contributed by atoms with Gasteiger partial charge in [-0.3, -0.25) is 9.89 Å². The number of halogens is 1. The van der Waals surface area contributed by atoms with Crippen LogP contribution >= 0.6 is 11.6 Å². The molecule has 0 saturated heterocycles. The highest BCUT2D eigenvalue weighted by Crippen LogP contribution is 2.32. The smallest absolute Gasteiger partial charge is 0.255 e. The second kappa shape index (κ2) is 9.54. The summed E-state index contributed by atoms with van der Waals surface area (Å²) in [6.07, 6.45) is 1.50. The SMILES string of the molecule is CCOc1ccc(-c2[nH]ncc2C(=O)N[C@H](C)c2ccc(OC)c(OC)c2)cc1Cl. The van der Waals surface area contributed by atoms with E-state index >= 15 is 0 Å². The van der Waals surface area contributed by atoms with Crippen LogP contribution in [0.5, 0.6) is 17.2 Å². The van der Waals surface area contributed by atoms with E-state index in [0.29, 0.717) is 40.1 Å². The van der Waals surface area contributed by atoms with Crippen LogP contribution in [0.15, 0.2) is 42.6 Å². The summed E-state index contributed by atoms with van der Waals surface area (Å²) in [6, 6.07) is 10.6. The van der Waals surface area contributed by atoms with Crippen LogP contribution < -0.4 is 19.5 Å². The number of aromatic amines is 1. The summed E-state index contributed by atoms with van der Waals surface area (Å²) in [5, 5.41) is 10.4. The number of rotatable bonds is 8. The Morgan fingerprint density at radius 3 is 2.53 bits per heavy atom. The van der Waals surface area contributed by atoms with Crippen molar-refractivity contribution < 1.29 is 19.0 Å². The van der Waals surface area contributed by atoms with Gasteiger partial charge >= 0.3 is 0 Å². The number of aromatic nitrogens is 2. The molecule has 0 unspecified atom stereocenters. The average Bonchev–Trinajstić information content (AvgIpc) is 3.24. The molecule has 2 aromatic carbocycles. The molecule has 0 aliphatic heterocycles. The second-order valence-corrected chi connectivity index (χ2v) is 6.95. The molecular formula is C22H24ClN3O4. The average molecular weight is 430 g/mol. The molecule has 2 N–H and O–H groups in total. The molecule has 158 valence electrons. The molecule has 3 rings (SSSR count). The number of H-pyrrole nitrogens is 1. The van der Waals surface area contributed by atoms with Gasteiger partial charge in [-0.1, -0.05) is 17.7 Å². The van der Waals surface area contributed by atoms with Gasteiger partial charge in [-0.15, -0.1) is 0 Å². The van der Waals surface area contributed by atoms with Gasteiger partial charge in [0.15, 0.2) is 11.5 Å². The first-order valence-corrected chi connectivity index (χ1v) is 9.85. The summed E-state index contributed by atoms with van der Waals surface area (Å²) in [4.78, 5) is 12.9. The van der Waals surface area contributed by atoms with E-state index < -0.39 is 0 Å². The van der Waals surface area contributed by atoms with Crippen molar-refractivity contribution in [2.24, 2.45) is 0 Å². The zero-order valence-electron chi connectivity index (χ0n) is 17.3. The van der Waals surface area contributed by atoms with Crippen LogP contribution in [-0.2, 0) is 0 Å². The number of carbonyl (C=O) groups is 1. The largest absolute Gasteiger partial charge is 0.493 e. The number of hydrogen-bond acceptors (Lipinski definition) is 5. The van der Waals surface area contributed by atoms with E-state index in [1.807, 2.05) is 38.1 Å². The Labute approximate surface area is 180 Å². The quantitative estimate of drug-likeness (QED) is 0.545. The minimum Gasteiger partial charge on any atom is -0.493 e. The second-order valence-electron chi connectivity index (χ2n) is 6.55.